The van der Waals surface area contributed by atoms with Gasteiger partial charge in [0.2, 0.25) is 0 Å². The highest BCUT2D eigenvalue weighted by molar-refractivity contribution is 5.07. The zero-order valence-electron chi connectivity index (χ0n) is 13.8. The molecule has 3 fully saturated rings. The van der Waals surface area contributed by atoms with Crippen LogP contribution < -0.4 is 11.2 Å². The van der Waals surface area contributed by atoms with Crippen molar-refractivity contribution in [2.24, 2.45) is 5.11 Å². The van der Waals surface area contributed by atoms with E-state index < -0.39 is 41.2 Å². The first-order valence-electron chi connectivity index (χ1n) is 8.44. The van der Waals surface area contributed by atoms with E-state index in [0.717, 1.165) is 25.7 Å². The number of ether oxygens (including phenoxy) is 3. The third-order valence-corrected chi connectivity index (χ3v) is 5.25. The predicted octanol–water partition coefficient (Wildman–Crippen LogP) is 1.54. The van der Waals surface area contributed by atoms with Crippen molar-refractivity contribution in [3.8, 4) is 0 Å². The van der Waals surface area contributed by atoms with Gasteiger partial charge in [-0.05, 0) is 24.8 Å². The molecule has 1 N–H and O–H groups in total. The van der Waals surface area contributed by atoms with Gasteiger partial charge in [-0.1, -0.05) is 12.0 Å². The van der Waals surface area contributed by atoms with Crippen LogP contribution in [0.4, 0.5) is 0 Å². The SMILES string of the molecule is CC[C@@]1(N=[N+]=[N-])O[C@@H](n2ccc(=O)[nH]c2=O)[C@@H]2OC3(CCCC3)O[C@@H]21. The molecule has 4 rings (SSSR count). The Morgan fingerprint density at radius 3 is 2.76 bits per heavy atom. The lowest BCUT2D eigenvalue weighted by molar-refractivity contribution is -0.233. The second kappa shape index (κ2) is 5.70. The van der Waals surface area contributed by atoms with Gasteiger partial charge in [-0.3, -0.25) is 14.3 Å². The van der Waals surface area contributed by atoms with Crippen LogP contribution in [0.3, 0.4) is 0 Å². The minimum Gasteiger partial charge on any atom is -0.341 e. The van der Waals surface area contributed by atoms with Crippen LogP contribution in [0.25, 0.3) is 10.4 Å². The minimum absolute atomic E-state index is 0.367. The summed E-state index contributed by atoms with van der Waals surface area (Å²) < 4.78 is 19.7. The summed E-state index contributed by atoms with van der Waals surface area (Å²) in [4.78, 5) is 28.7. The standard InChI is InChI=1S/C15H19N5O5/c1-2-15(18-19-16)11-10(23-14(24-11)6-3-4-7-14)12(25-15)20-8-5-9(21)17-13(20)22/h5,8,10-12H,2-4,6-7H2,1H3,(H,17,21,22)/t10-,11+,12-,15-/m1/s1. The molecule has 4 atom stereocenters. The molecule has 0 unspecified atom stereocenters. The van der Waals surface area contributed by atoms with Crippen molar-refractivity contribution >= 4 is 0 Å². The molecule has 0 radical (unpaired) electrons. The van der Waals surface area contributed by atoms with Crippen LogP contribution in [0, 0.1) is 0 Å². The largest absolute Gasteiger partial charge is 0.341 e. The van der Waals surface area contributed by atoms with Crippen molar-refractivity contribution in [1.82, 2.24) is 9.55 Å². The molecule has 25 heavy (non-hydrogen) atoms. The van der Waals surface area contributed by atoms with Gasteiger partial charge in [0, 0.05) is 30.0 Å². The number of azide groups is 1. The molecule has 1 aliphatic carbocycles. The number of hydrogen-bond donors (Lipinski definition) is 1. The number of aromatic nitrogens is 2. The Balaban J connectivity index is 1.79. The summed E-state index contributed by atoms with van der Waals surface area (Å²) in [5.41, 5.74) is 6.65. The maximum absolute atomic E-state index is 12.2. The molecule has 1 aromatic heterocycles. The third kappa shape index (κ3) is 2.41. The second-order valence-electron chi connectivity index (χ2n) is 6.65. The highest BCUT2D eigenvalue weighted by Gasteiger charge is 2.65. The molecule has 0 bridgehead atoms. The molecule has 2 saturated heterocycles. The number of aromatic amines is 1. The lowest BCUT2D eigenvalue weighted by Gasteiger charge is -2.31. The van der Waals surface area contributed by atoms with Crippen LogP contribution in [0.1, 0.15) is 45.3 Å². The van der Waals surface area contributed by atoms with Gasteiger partial charge in [-0.25, -0.2) is 4.79 Å². The lowest BCUT2D eigenvalue weighted by atomic mass is 10.0. The fourth-order valence-corrected chi connectivity index (χ4v) is 4.04. The molecule has 3 aliphatic rings. The predicted molar refractivity (Wildman–Crippen MR) is 84.6 cm³/mol. The van der Waals surface area contributed by atoms with E-state index in [-0.39, 0.29) is 0 Å². The summed E-state index contributed by atoms with van der Waals surface area (Å²) in [6, 6.07) is 1.24. The summed E-state index contributed by atoms with van der Waals surface area (Å²) in [6.45, 7) is 1.83. The van der Waals surface area contributed by atoms with Crippen molar-refractivity contribution in [1.29, 1.82) is 0 Å². The molecular formula is C15H19N5O5. The highest BCUT2D eigenvalue weighted by Crippen LogP contribution is 2.53. The monoisotopic (exact) mass is 349 g/mol. The fourth-order valence-electron chi connectivity index (χ4n) is 4.04. The van der Waals surface area contributed by atoms with Crippen LogP contribution in [-0.4, -0.2) is 33.3 Å². The minimum atomic E-state index is -1.26. The van der Waals surface area contributed by atoms with Gasteiger partial charge in [-0.15, -0.1) is 0 Å². The quantitative estimate of drug-likeness (QED) is 0.502. The number of hydrogen-bond acceptors (Lipinski definition) is 6. The first-order chi connectivity index (χ1) is 12.0. The molecule has 1 spiro atoms. The zero-order chi connectivity index (χ0) is 17.7. The van der Waals surface area contributed by atoms with Gasteiger partial charge in [0.1, 0.15) is 12.2 Å². The smallest absolute Gasteiger partial charge is 0.330 e. The molecule has 10 heteroatoms. The van der Waals surface area contributed by atoms with E-state index in [0.29, 0.717) is 6.42 Å². The molecule has 3 heterocycles. The summed E-state index contributed by atoms with van der Waals surface area (Å²) in [5, 5.41) is 3.86. The lowest BCUT2D eigenvalue weighted by Crippen LogP contribution is -2.41. The van der Waals surface area contributed by atoms with Crippen molar-refractivity contribution in [3.05, 3.63) is 43.5 Å². The maximum atomic E-state index is 12.2. The first kappa shape index (κ1) is 16.3. The van der Waals surface area contributed by atoms with Crippen LogP contribution in [0.15, 0.2) is 27.0 Å². The van der Waals surface area contributed by atoms with Crippen LogP contribution in [0.2, 0.25) is 0 Å². The molecule has 0 amide bonds. The van der Waals surface area contributed by atoms with Crippen LogP contribution >= 0.6 is 0 Å². The van der Waals surface area contributed by atoms with E-state index in [1.54, 1.807) is 0 Å². The summed E-state index contributed by atoms with van der Waals surface area (Å²) in [6.07, 6.45) is 3.14. The van der Waals surface area contributed by atoms with E-state index >= 15 is 0 Å². The summed E-state index contributed by atoms with van der Waals surface area (Å²) in [5.74, 6) is -0.714. The Morgan fingerprint density at radius 2 is 2.12 bits per heavy atom. The summed E-state index contributed by atoms with van der Waals surface area (Å²) in [7, 11) is 0. The normalized spacial score (nSPS) is 35.6. The number of nitrogens with zero attached hydrogens (tertiary/aromatic N) is 4. The molecule has 1 saturated carbocycles. The van der Waals surface area contributed by atoms with Crippen molar-refractivity contribution in [2.75, 3.05) is 0 Å². The van der Waals surface area contributed by atoms with Crippen molar-refractivity contribution in [2.45, 2.75) is 69.0 Å². The van der Waals surface area contributed by atoms with Gasteiger partial charge >= 0.3 is 5.69 Å². The zero-order valence-corrected chi connectivity index (χ0v) is 13.8. The molecule has 134 valence electrons. The average Bonchev–Trinajstić information content (AvgIpc) is 3.26. The maximum Gasteiger partial charge on any atom is 0.330 e. The Bertz CT molecular complexity index is 837. The van der Waals surface area contributed by atoms with E-state index in [1.165, 1.54) is 16.8 Å². The Morgan fingerprint density at radius 1 is 1.36 bits per heavy atom. The highest BCUT2D eigenvalue weighted by atomic mass is 16.8. The summed E-state index contributed by atoms with van der Waals surface area (Å²) >= 11 is 0. The van der Waals surface area contributed by atoms with Crippen molar-refractivity contribution < 1.29 is 14.2 Å². The molecular weight excluding hydrogens is 330 g/mol. The number of nitrogens with one attached hydrogen (secondary N) is 1. The van der Waals surface area contributed by atoms with Crippen LogP contribution in [0.5, 0.6) is 0 Å². The Labute approximate surface area is 142 Å². The van der Waals surface area contributed by atoms with Gasteiger partial charge < -0.3 is 14.2 Å². The second-order valence-corrected chi connectivity index (χ2v) is 6.65. The van der Waals surface area contributed by atoms with E-state index in [9.17, 15) is 9.59 Å². The van der Waals surface area contributed by atoms with E-state index in [4.69, 9.17) is 19.7 Å². The van der Waals surface area contributed by atoms with Gasteiger partial charge in [0.15, 0.2) is 17.7 Å². The van der Waals surface area contributed by atoms with E-state index in [2.05, 4.69) is 15.0 Å². The Hall–Kier alpha value is -2.13. The number of rotatable bonds is 3. The van der Waals surface area contributed by atoms with Gasteiger partial charge in [-0.2, -0.15) is 0 Å². The number of fused-ring (bicyclic) bond motifs is 1. The third-order valence-electron chi connectivity index (χ3n) is 5.25. The average molecular weight is 349 g/mol. The number of H-pyrrole nitrogens is 1. The van der Waals surface area contributed by atoms with Crippen LogP contribution in [-0.2, 0) is 14.2 Å². The first-order valence-corrected chi connectivity index (χ1v) is 8.44. The fraction of sp³-hybridized carbons (Fsp3) is 0.733. The molecule has 2 aliphatic heterocycles. The molecule has 10 nitrogen and oxygen atoms in total. The molecule has 0 aromatic carbocycles. The molecule has 1 aromatic rings. The topological polar surface area (TPSA) is 131 Å². The Kier molecular flexibility index (Phi) is 3.73. The van der Waals surface area contributed by atoms with Gasteiger partial charge in [0.05, 0.1) is 0 Å². The van der Waals surface area contributed by atoms with Gasteiger partial charge in [0.25, 0.3) is 5.56 Å². The van der Waals surface area contributed by atoms with Crippen molar-refractivity contribution in [3.63, 3.8) is 0 Å². The van der Waals surface area contributed by atoms with E-state index in [1.807, 2.05) is 6.92 Å².